The summed E-state index contributed by atoms with van der Waals surface area (Å²) in [5.74, 6) is 1.10. The van der Waals surface area contributed by atoms with Crippen molar-refractivity contribution >= 4 is 11.7 Å². The minimum Gasteiger partial charge on any atom is -0.493 e. The Balaban J connectivity index is 1.89. The van der Waals surface area contributed by atoms with Crippen LogP contribution in [0.4, 0.5) is 5.82 Å². The topological polar surface area (TPSA) is 82.2 Å². The molecule has 1 amide bonds. The van der Waals surface area contributed by atoms with Crippen LogP contribution in [0, 0.1) is 6.92 Å². The molecule has 0 radical (unpaired) electrons. The first kappa shape index (κ1) is 15.4. The van der Waals surface area contributed by atoms with Gasteiger partial charge in [0.05, 0.1) is 18.3 Å². The number of aromatic nitrogens is 2. The summed E-state index contributed by atoms with van der Waals surface area (Å²) in [5.41, 5.74) is 9.25. The fourth-order valence-electron chi connectivity index (χ4n) is 3.10. The van der Waals surface area contributed by atoms with Crippen molar-refractivity contribution in [2.45, 2.75) is 32.7 Å². The summed E-state index contributed by atoms with van der Waals surface area (Å²) in [4.78, 5) is 12.6. The second-order valence-corrected chi connectivity index (χ2v) is 5.82. The van der Waals surface area contributed by atoms with Gasteiger partial charge in [-0.1, -0.05) is 25.1 Å². The maximum Gasteiger partial charge on any atom is 0.257 e. The molecule has 1 aromatic heterocycles. The molecule has 0 aliphatic carbocycles. The molecule has 1 aliphatic heterocycles. The number of nitrogens with two attached hydrogens (primary N) is 1. The van der Waals surface area contributed by atoms with Crippen LogP contribution in [0.15, 0.2) is 18.2 Å². The lowest BCUT2D eigenvalue weighted by Crippen LogP contribution is -2.33. The average molecular weight is 314 g/mol. The number of ether oxygens (including phenoxy) is 1. The van der Waals surface area contributed by atoms with E-state index in [0.717, 1.165) is 24.2 Å². The second-order valence-electron chi connectivity index (χ2n) is 5.82. The van der Waals surface area contributed by atoms with Gasteiger partial charge in [0, 0.05) is 19.0 Å². The summed E-state index contributed by atoms with van der Waals surface area (Å²) < 4.78 is 7.35. The number of para-hydroxylation sites is 1. The SMILES string of the molecule is CCc1cccc2c1OCC[C@@H]2NC(=O)c1c(C)nn(C)c1N. The number of rotatable bonds is 3. The van der Waals surface area contributed by atoms with Crippen molar-refractivity contribution in [2.75, 3.05) is 12.3 Å². The lowest BCUT2D eigenvalue weighted by Gasteiger charge is -2.28. The molecule has 2 aromatic rings. The molecular weight excluding hydrogens is 292 g/mol. The fourth-order valence-corrected chi connectivity index (χ4v) is 3.10. The highest BCUT2D eigenvalue weighted by Crippen LogP contribution is 2.35. The van der Waals surface area contributed by atoms with Crippen LogP contribution in [0.3, 0.4) is 0 Å². The van der Waals surface area contributed by atoms with Gasteiger partial charge in [0.2, 0.25) is 0 Å². The Bertz CT molecular complexity index is 751. The van der Waals surface area contributed by atoms with Gasteiger partial charge in [0.25, 0.3) is 5.91 Å². The van der Waals surface area contributed by atoms with Gasteiger partial charge in [-0.15, -0.1) is 0 Å². The molecule has 2 heterocycles. The molecule has 0 spiro atoms. The molecule has 0 unspecified atom stereocenters. The molecule has 6 nitrogen and oxygen atoms in total. The van der Waals surface area contributed by atoms with Gasteiger partial charge >= 0.3 is 0 Å². The maximum atomic E-state index is 12.6. The molecule has 1 atom stereocenters. The fraction of sp³-hybridized carbons (Fsp3) is 0.412. The zero-order chi connectivity index (χ0) is 16.6. The van der Waals surface area contributed by atoms with Gasteiger partial charge in [-0.25, -0.2) is 0 Å². The molecule has 3 N–H and O–H groups in total. The zero-order valence-electron chi connectivity index (χ0n) is 13.7. The molecule has 0 saturated heterocycles. The molecule has 1 aliphatic rings. The van der Waals surface area contributed by atoms with Crippen LogP contribution in [0.1, 0.15) is 46.6 Å². The van der Waals surface area contributed by atoms with Crippen molar-refractivity contribution in [2.24, 2.45) is 7.05 Å². The monoisotopic (exact) mass is 314 g/mol. The molecule has 3 rings (SSSR count). The Morgan fingerprint density at radius 1 is 1.52 bits per heavy atom. The molecule has 23 heavy (non-hydrogen) atoms. The highest BCUT2D eigenvalue weighted by atomic mass is 16.5. The molecule has 0 bridgehead atoms. The normalized spacial score (nSPS) is 16.6. The van der Waals surface area contributed by atoms with E-state index in [4.69, 9.17) is 10.5 Å². The van der Waals surface area contributed by atoms with Crippen LogP contribution in [-0.4, -0.2) is 22.3 Å². The van der Waals surface area contributed by atoms with Crippen LogP contribution >= 0.6 is 0 Å². The van der Waals surface area contributed by atoms with E-state index in [1.807, 2.05) is 12.1 Å². The standard InChI is InChI=1S/C17H22N4O2/c1-4-11-6-5-7-12-13(8-9-23-15(11)12)19-17(22)14-10(2)20-21(3)16(14)18/h5-7,13H,4,8-9,18H2,1-3H3,(H,19,22)/t13-/m0/s1. The second kappa shape index (κ2) is 5.95. The van der Waals surface area contributed by atoms with Crippen LogP contribution in [0.2, 0.25) is 0 Å². The smallest absolute Gasteiger partial charge is 0.257 e. The molecular formula is C17H22N4O2. The number of anilines is 1. The number of hydrogen-bond acceptors (Lipinski definition) is 4. The Labute approximate surface area is 135 Å². The van der Waals surface area contributed by atoms with Crippen LogP contribution in [0.25, 0.3) is 0 Å². The third-order valence-electron chi connectivity index (χ3n) is 4.34. The number of nitrogens with one attached hydrogen (secondary N) is 1. The largest absolute Gasteiger partial charge is 0.493 e. The Hall–Kier alpha value is -2.50. The number of aryl methyl sites for hydroxylation is 3. The van der Waals surface area contributed by atoms with Crippen molar-refractivity contribution in [3.05, 3.63) is 40.6 Å². The number of hydrogen-bond donors (Lipinski definition) is 2. The summed E-state index contributed by atoms with van der Waals surface area (Å²) in [6.45, 7) is 4.48. The quantitative estimate of drug-likeness (QED) is 0.909. The Morgan fingerprint density at radius 2 is 2.30 bits per heavy atom. The van der Waals surface area contributed by atoms with Crippen molar-refractivity contribution in [3.63, 3.8) is 0 Å². The summed E-state index contributed by atoms with van der Waals surface area (Å²) >= 11 is 0. The first-order valence-corrected chi connectivity index (χ1v) is 7.87. The number of carbonyl (C=O) groups excluding carboxylic acids is 1. The van der Waals surface area contributed by atoms with Crippen LogP contribution < -0.4 is 15.8 Å². The van der Waals surface area contributed by atoms with Gasteiger partial charge in [-0.05, 0) is 18.9 Å². The van der Waals surface area contributed by atoms with E-state index in [9.17, 15) is 4.79 Å². The molecule has 122 valence electrons. The van der Waals surface area contributed by atoms with E-state index in [1.165, 1.54) is 10.2 Å². The Kier molecular flexibility index (Phi) is 3.98. The van der Waals surface area contributed by atoms with Crippen LogP contribution in [-0.2, 0) is 13.5 Å². The van der Waals surface area contributed by atoms with E-state index in [1.54, 1.807) is 14.0 Å². The number of fused-ring (bicyclic) bond motifs is 1. The summed E-state index contributed by atoms with van der Waals surface area (Å²) in [6.07, 6.45) is 1.64. The maximum absolute atomic E-state index is 12.6. The van der Waals surface area contributed by atoms with Crippen LogP contribution in [0.5, 0.6) is 5.75 Å². The minimum absolute atomic E-state index is 0.0724. The van der Waals surface area contributed by atoms with E-state index >= 15 is 0 Å². The van der Waals surface area contributed by atoms with Crippen molar-refractivity contribution in [1.29, 1.82) is 0 Å². The van der Waals surface area contributed by atoms with Gasteiger partial charge in [-0.3, -0.25) is 9.48 Å². The van der Waals surface area contributed by atoms with E-state index in [2.05, 4.69) is 23.4 Å². The number of amides is 1. The summed E-state index contributed by atoms with van der Waals surface area (Å²) in [5, 5.41) is 7.29. The van der Waals surface area contributed by atoms with Crippen molar-refractivity contribution in [1.82, 2.24) is 15.1 Å². The van der Waals surface area contributed by atoms with Gasteiger partial charge in [0.15, 0.2) is 0 Å². The summed E-state index contributed by atoms with van der Waals surface area (Å²) in [6, 6.07) is 6.01. The lowest BCUT2D eigenvalue weighted by molar-refractivity contribution is 0.0925. The lowest BCUT2D eigenvalue weighted by atomic mass is 9.96. The third-order valence-corrected chi connectivity index (χ3v) is 4.34. The molecule has 1 aromatic carbocycles. The predicted molar refractivity (Wildman–Crippen MR) is 88.5 cm³/mol. The average Bonchev–Trinajstić information content (AvgIpc) is 2.79. The minimum atomic E-state index is -0.187. The van der Waals surface area contributed by atoms with E-state index < -0.39 is 0 Å². The van der Waals surface area contributed by atoms with Gasteiger partial charge in [0.1, 0.15) is 17.1 Å². The highest BCUT2D eigenvalue weighted by molar-refractivity contribution is 5.99. The van der Waals surface area contributed by atoms with E-state index in [-0.39, 0.29) is 11.9 Å². The number of benzene rings is 1. The first-order valence-electron chi connectivity index (χ1n) is 7.87. The number of carbonyl (C=O) groups is 1. The first-order chi connectivity index (χ1) is 11.0. The number of nitrogens with zero attached hydrogens (tertiary/aromatic N) is 2. The number of nitrogen functional groups attached to an aromatic ring is 1. The third kappa shape index (κ3) is 2.65. The molecule has 6 heteroatoms. The predicted octanol–water partition coefficient (Wildman–Crippen LogP) is 2.13. The van der Waals surface area contributed by atoms with Crippen molar-refractivity contribution < 1.29 is 9.53 Å². The highest BCUT2D eigenvalue weighted by Gasteiger charge is 2.27. The Morgan fingerprint density at radius 3 is 2.96 bits per heavy atom. The summed E-state index contributed by atoms with van der Waals surface area (Å²) in [7, 11) is 1.73. The van der Waals surface area contributed by atoms with Gasteiger partial charge < -0.3 is 15.8 Å². The van der Waals surface area contributed by atoms with E-state index in [0.29, 0.717) is 23.7 Å². The zero-order valence-corrected chi connectivity index (χ0v) is 13.7. The molecule has 0 saturated carbocycles. The van der Waals surface area contributed by atoms with Gasteiger partial charge in [-0.2, -0.15) is 5.10 Å². The molecule has 0 fully saturated rings. The van der Waals surface area contributed by atoms with Crippen molar-refractivity contribution in [3.8, 4) is 5.75 Å².